The predicted molar refractivity (Wildman–Crippen MR) is 69.3 cm³/mol. The van der Waals surface area contributed by atoms with Gasteiger partial charge in [-0.3, -0.25) is 9.78 Å². The Labute approximate surface area is 111 Å². The van der Waals surface area contributed by atoms with Gasteiger partial charge in [0.1, 0.15) is 5.15 Å². The van der Waals surface area contributed by atoms with Gasteiger partial charge in [0.15, 0.2) is 0 Å². The van der Waals surface area contributed by atoms with Crippen LogP contribution in [0.4, 0.5) is 0 Å². The first kappa shape index (κ1) is 12.3. The Morgan fingerprint density at radius 2 is 2.18 bits per heavy atom. The third-order valence-electron chi connectivity index (χ3n) is 2.24. The number of aromatic nitrogens is 3. The number of aryl methyl sites for hydroxylation is 1. The van der Waals surface area contributed by atoms with E-state index in [4.69, 9.17) is 11.6 Å². The molecule has 2 aromatic heterocycles. The number of pyridine rings is 1. The molecule has 0 aliphatic heterocycles. The van der Waals surface area contributed by atoms with Crippen LogP contribution in [0.15, 0.2) is 33.9 Å². The number of nitrogens with zero attached hydrogens (tertiary/aromatic N) is 3. The Bertz CT molecular complexity index is 595. The number of hydrogen-bond acceptors (Lipinski definition) is 3. The van der Waals surface area contributed by atoms with E-state index in [-0.39, 0.29) is 5.56 Å². The molecule has 0 amide bonds. The monoisotopic (exact) mass is 313 g/mol. The summed E-state index contributed by atoms with van der Waals surface area (Å²) in [6.07, 6.45) is 4.75. The normalized spacial score (nSPS) is 10.5. The molecule has 0 atom stereocenters. The molecule has 88 valence electrons. The second-order valence-corrected chi connectivity index (χ2v) is 4.91. The lowest BCUT2D eigenvalue weighted by Crippen LogP contribution is -2.22. The van der Waals surface area contributed by atoms with Crippen LogP contribution in [-0.4, -0.2) is 14.5 Å². The molecule has 0 aromatic carbocycles. The summed E-state index contributed by atoms with van der Waals surface area (Å²) in [5, 5.41) is 0.339. The lowest BCUT2D eigenvalue weighted by atomic mass is 10.3. The van der Waals surface area contributed by atoms with Crippen molar-refractivity contribution in [2.24, 2.45) is 0 Å². The van der Waals surface area contributed by atoms with Crippen LogP contribution in [0, 0.1) is 6.92 Å². The zero-order valence-electron chi connectivity index (χ0n) is 9.02. The highest BCUT2D eigenvalue weighted by Gasteiger charge is 2.04. The third kappa shape index (κ3) is 2.92. The van der Waals surface area contributed by atoms with Gasteiger partial charge >= 0.3 is 0 Å². The van der Waals surface area contributed by atoms with E-state index in [9.17, 15) is 4.79 Å². The smallest absolute Gasteiger partial charge is 0.253 e. The van der Waals surface area contributed by atoms with E-state index in [1.807, 2.05) is 0 Å². The van der Waals surface area contributed by atoms with Crippen molar-refractivity contribution in [1.82, 2.24) is 14.5 Å². The second-order valence-electron chi connectivity index (χ2n) is 3.60. The van der Waals surface area contributed by atoms with Crippen molar-refractivity contribution in [2.75, 3.05) is 0 Å². The Morgan fingerprint density at radius 3 is 2.82 bits per heavy atom. The molecule has 0 aliphatic rings. The molecule has 0 spiro atoms. The van der Waals surface area contributed by atoms with Crippen LogP contribution in [-0.2, 0) is 6.54 Å². The molecular weight excluding hydrogens is 305 g/mol. The second kappa shape index (κ2) is 4.98. The Balaban J connectivity index is 2.36. The summed E-state index contributed by atoms with van der Waals surface area (Å²) >= 11 is 9.00. The molecule has 0 aliphatic carbocycles. The quantitative estimate of drug-likeness (QED) is 0.855. The van der Waals surface area contributed by atoms with Crippen molar-refractivity contribution in [1.29, 1.82) is 0 Å². The van der Waals surface area contributed by atoms with Crippen molar-refractivity contribution in [3.05, 3.63) is 55.9 Å². The zero-order valence-corrected chi connectivity index (χ0v) is 11.4. The minimum atomic E-state index is -0.0371. The summed E-state index contributed by atoms with van der Waals surface area (Å²) in [4.78, 5) is 19.9. The summed E-state index contributed by atoms with van der Waals surface area (Å²) in [6, 6.07) is 1.78. The van der Waals surface area contributed by atoms with Crippen molar-refractivity contribution in [3.63, 3.8) is 0 Å². The van der Waals surface area contributed by atoms with Crippen LogP contribution >= 0.6 is 27.5 Å². The molecule has 2 aromatic rings. The van der Waals surface area contributed by atoms with Crippen molar-refractivity contribution >= 4 is 27.5 Å². The maximum Gasteiger partial charge on any atom is 0.253 e. The first-order valence-electron chi connectivity index (χ1n) is 4.89. The van der Waals surface area contributed by atoms with Gasteiger partial charge in [-0.15, -0.1) is 0 Å². The van der Waals surface area contributed by atoms with E-state index in [1.165, 1.54) is 6.20 Å². The fourth-order valence-electron chi connectivity index (χ4n) is 1.45. The molecule has 0 unspecified atom stereocenters. The molecule has 6 heteroatoms. The molecule has 0 saturated carbocycles. The molecule has 0 fully saturated rings. The van der Waals surface area contributed by atoms with Crippen molar-refractivity contribution < 1.29 is 0 Å². The molecule has 2 rings (SSSR count). The molecule has 17 heavy (non-hydrogen) atoms. The molecule has 4 nitrogen and oxygen atoms in total. The van der Waals surface area contributed by atoms with E-state index in [1.54, 1.807) is 30.0 Å². The van der Waals surface area contributed by atoms with Crippen LogP contribution in [0.1, 0.15) is 11.3 Å². The lowest BCUT2D eigenvalue weighted by molar-refractivity contribution is 0.726. The van der Waals surface area contributed by atoms with E-state index in [0.717, 1.165) is 4.47 Å². The van der Waals surface area contributed by atoms with Gasteiger partial charge in [-0.1, -0.05) is 11.6 Å². The zero-order chi connectivity index (χ0) is 12.4. The molecule has 0 radical (unpaired) electrons. The summed E-state index contributed by atoms with van der Waals surface area (Å²) < 4.78 is 2.44. The summed E-state index contributed by atoms with van der Waals surface area (Å²) in [6.45, 7) is 2.15. The number of hydrogen-bond donors (Lipinski definition) is 0. The van der Waals surface area contributed by atoms with E-state index in [0.29, 0.717) is 23.0 Å². The van der Waals surface area contributed by atoms with Gasteiger partial charge in [-0.25, -0.2) is 4.98 Å². The SMILES string of the molecule is Cc1cc(Br)cn(Cc2cnc(Cl)cn2)c1=O. The van der Waals surface area contributed by atoms with Crippen LogP contribution < -0.4 is 5.56 Å². The molecule has 2 heterocycles. The molecule has 0 bridgehead atoms. The van der Waals surface area contributed by atoms with E-state index in [2.05, 4.69) is 25.9 Å². The lowest BCUT2D eigenvalue weighted by Gasteiger charge is -2.06. The largest absolute Gasteiger partial charge is 0.308 e. The molecular formula is C11H9BrClN3O. The van der Waals surface area contributed by atoms with Crippen molar-refractivity contribution in [3.8, 4) is 0 Å². The topological polar surface area (TPSA) is 47.8 Å². The number of halogens is 2. The third-order valence-corrected chi connectivity index (χ3v) is 2.87. The highest BCUT2D eigenvalue weighted by Crippen LogP contribution is 2.09. The van der Waals surface area contributed by atoms with E-state index >= 15 is 0 Å². The fourth-order valence-corrected chi connectivity index (χ4v) is 2.14. The average molecular weight is 315 g/mol. The first-order chi connectivity index (χ1) is 8.06. The standard InChI is InChI=1S/C11H9BrClN3O/c1-7-2-8(12)5-16(11(7)17)6-9-3-15-10(13)4-14-9/h2-5H,6H2,1H3. The van der Waals surface area contributed by atoms with Gasteiger partial charge in [-0.2, -0.15) is 0 Å². The van der Waals surface area contributed by atoms with Gasteiger partial charge in [0.2, 0.25) is 0 Å². The predicted octanol–water partition coefficient (Wildman–Crippen LogP) is 2.41. The van der Waals surface area contributed by atoms with E-state index < -0.39 is 0 Å². The molecule has 0 saturated heterocycles. The Morgan fingerprint density at radius 1 is 1.41 bits per heavy atom. The van der Waals surface area contributed by atoms with Crippen LogP contribution in [0.25, 0.3) is 0 Å². The maximum absolute atomic E-state index is 11.9. The molecule has 0 N–H and O–H groups in total. The summed E-state index contributed by atoms with van der Waals surface area (Å²) in [5.41, 5.74) is 1.33. The van der Waals surface area contributed by atoms with Gasteiger partial charge in [0.25, 0.3) is 5.56 Å². The minimum Gasteiger partial charge on any atom is -0.308 e. The van der Waals surface area contributed by atoms with Crippen LogP contribution in [0.3, 0.4) is 0 Å². The van der Waals surface area contributed by atoms with Crippen LogP contribution in [0.5, 0.6) is 0 Å². The highest BCUT2D eigenvalue weighted by molar-refractivity contribution is 9.10. The Kier molecular flexibility index (Phi) is 3.59. The van der Waals surface area contributed by atoms with Gasteiger partial charge in [-0.05, 0) is 28.9 Å². The minimum absolute atomic E-state index is 0.0371. The number of rotatable bonds is 2. The highest BCUT2D eigenvalue weighted by atomic mass is 79.9. The fraction of sp³-hybridized carbons (Fsp3) is 0.182. The van der Waals surface area contributed by atoms with Crippen molar-refractivity contribution in [2.45, 2.75) is 13.5 Å². The Hall–Kier alpha value is -1.20. The first-order valence-corrected chi connectivity index (χ1v) is 6.06. The van der Waals surface area contributed by atoms with Crippen LogP contribution in [0.2, 0.25) is 5.15 Å². The summed E-state index contributed by atoms with van der Waals surface area (Å²) in [7, 11) is 0. The maximum atomic E-state index is 11.9. The summed E-state index contributed by atoms with van der Waals surface area (Å²) in [5.74, 6) is 0. The van der Waals surface area contributed by atoms with Gasteiger partial charge in [0, 0.05) is 16.2 Å². The van der Waals surface area contributed by atoms with Gasteiger partial charge in [0.05, 0.1) is 24.6 Å². The van der Waals surface area contributed by atoms with Gasteiger partial charge < -0.3 is 4.57 Å². The average Bonchev–Trinajstić information content (AvgIpc) is 2.28.